The number of nitrogens with zero attached hydrogens (tertiary/aromatic N) is 4. The van der Waals surface area contributed by atoms with Crippen molar-refractivity contribution in [3.8, 4) is 0 Å². The molecule has 9 heteroatoms. The molecule has 0 radical (unpaired) electrons. The molecule has 2 aromatic rings. The number of anilines is 1. The zero-order valence-electron chi connectivity index (χ0n) is 15.8. The largest absolute Gasteiger partial charge is 0.363 e. The number of rotatable bonds is 4. The molecule has 146 valence electrons. The van der Waals surface area contributed by atoms with Crippen molar-refractivity contribution in [1.29, 1.82) is 0 Å². The van der Waals surface area contributed by atoms with Gasteiger partial charge in [0.1, 0.15) is 5.69 Å². The molecule has 27 heavy (non-hydrogen) atoms. The second-order valence-corrected chi connectivity index (χ2v) is 8.74. The summed E-state index contributed by atoms with van der Waals surface area (Å²) in [6.07, 6.45) is 0. The first-order valence-corrected chi connectivity index (χ1v) is 10.4. The maximum absolute atomic E-state index is 12.7. The fourth-order valence-electron chi connectivity index (χ4n) is 3.36. The quantitative estimate of drug-likeness (QED) is 0.734. The number of hydrogen-bond donors (Lipinski definition) is 0. The van der Waals surface area contributed by atoms with Crippen molar-refractivity contribution in [2.45, 2.75) is 12.7 Å². The van der Waals surface area contributed by atoms with E-state index in [4.69, 9.17) is 0 Å². The van der Waals surface area contributed by atoms with Gasteiger partial charge in [-0.15, -0.1) is 0 Å². The Morgan fingerprint density at radius 3 is 2.11 bits per heavy atom. The summed E-state index contributed by atoms with van der Waals surface area (Å²) in [4.78, 5) is 26.4. The van der Waals surface area contributed by atoms with Gasteiger partial charge in [-0.2, -0.15) is 4.31 Å². The molecule has 0 amide bonds. The van der Waals surface area contributed by atoms with Crippen molar-refractivity contribution in [3.63, 3.8) is 0 Å². The van der Waals surface area contributed by atoms with E-state index < -0.39 is 10.0 Å². The molecule has 1 aromatic carbocycles. The van der Waals surface area contributed by atoms with Crippen LogP contribution in [0.3, 0.4) is 0 Å². The minimum Gasteiger partial charge on any atom is -0.363 e. The first-order valence-electron chi connectivity index (χ1n) is 8.75. The lowest BCUT2D eigenvalue weighted by atomic mass is 10.2. The van der Waals surface area contributed by atoms with Crippen LogP contribution < -0.4 is 16.1 Å². The summed E-state index contributed by atoms with van der Waals surface area (Å²) in [7, 11) is -0.338. The molecule has 1 aromatic heterocycles. The number of piperazine rings is 1. The summed E-state index contributed by atoms with van der Waals surface area (Å²) in [6.45, 7) is 3.16. The van der Waals surface area contributed by atoms with E-state index in [0.29, 0.717) is 37.6 Å². The Morgan fingerprint density at radius 2 is 1.52 bits per heavy atom. The Labute approximate surface area is 158 Å². The Morgan fingerprint density at radius 1 is 0.926 bits per heavy atom. The van der Waals surface area contributed by atoms with Crippen LogP contribution in [-0.4, -0.2) is 48.0 Å². The van der Waals surface area contributed by atoms with E-state index in [1.807, 2.05) is 23.1 Å². The maximum Gasteiger partial charge on any atom is 0.330 e. The second kappa shape index (κ2) is 7.32. The Balaban J connectivity index is 1.78. The Bertz CT molecular complexity index is 1050. The minimum absolute atomic E-state index is 0.0333. The molecule has 1 aliphatic heterocycles. The molecule has 0 spiro atoms. The van der Waals surface area contributed by atoms with Crippen LogP contribution in [0.1, 0.15) is 11.3 Å². The number of sulfonamides is 1. The van der Waals surface area contributed by atoms with Crippen LogP contribution in [0.5, 0.6) is 0 Å². The van der Waals surface area contributed by atoms with Gasteiger partial charge in [0, 0.05) is 46.0 Å². The Hall–Kier alpha value is -2.39. The van der Waals surface area contributed by atoms with Crippen LogP contribution >= 0.6 is 0 Å². The maximum atomic E-state index is 12.7. The fourth-order valence-corrected chi connectivity index (χ4v) is 4.87. The standard InChI is InChI=1S/C18H24N4O4S/c1-14-16(17(23)20(3)18(24)19(14)2)21-9-11-22(12-10-21)27(25,26)13-15-7-5-4-6-8-15/h4-8H,9-13H2,1-3H3. The van der Waals surface area contributed by atoms with Gasteiger partial charge in [-0.3, -0.25) is 13.9 Å². The molecule has 8 nitrogen and oxygen atoms in total. The van der Waals surface area contributed by atoms with E-state index in [1.165, 1.54) is 15.9 Å². The summed E-state index contributed by atoms with van der Waals surface area (Å²) >= 11 is 0. The normalized spacial score (nSPS) is 15.9. The Kier molecular flexibility index (Phi) is 5.25. The molecule has 1 aliphatic rings. The summed E-state index contributed by atoms with van der Waals surface area (Å²) in [5.41, 5.74) is 1.08. The van der Waals surface area contributed by atoms with Gasteiger partial charge >= 0.3 is 5.69 Å². The van der Waals surface area contributed by atoms with Gasteiger partial charge in [0.25, 0.3) is 5.56 Å². The fraction of sp³-hybridized carbons (Fsp3) is 0.444. The molecule has 0 bridgehead atoms. The van der Waals surface area contributed by atoms with Gasteiger partial charge in [-0.25, -0.2) is 13.2 Å². The second-order valence-electron chi connectivity index (χ2n) is 6.77. The third-order valence-corrected chi connectivity index (χ3v) is 6.92. The first-order chi connectivity index (χ1) is 12.7. The van der Waals surface area contributed by atoms with Crippen LogP contribution in [0.2, 0.25) is 0 Å². The molecular weight excluding hydrogens is 368 g/mol. The monoisotopic (exact) mass is 392 g/mol. The first kappa shape index (κ1) is 19.4. The van der Waals surface area contributed by atoms with Gasteiger partial charge < -0.3 is 4.90 Å². The third-order valence-electron chi connectivity index (χ3n) is 5.07. The predicted molar refractivity (Wildman–Crippen MR) is 105 cm³/mol. The highest BCUT2D eigenvalue weighted by molar-refractivity contribution is 7.88. The van der Waals surface area contributed by atoms with E-state index in [9.17, 15) is 18.0 Å². The van der Waals surface area contributed by atoms with E-state index in [1.54, 1.807) is 26.1 Å². The van der Waals surface area contributed by atoms with Gasteiger partial charge in [0.2, 0.25) is 10.0 Å². The topological polar surface area (TPSA) is 84.6 Å². The van der Waals surface area contributed by atoms with Crippen molar-refractivity contribution in [2.24, 2.45) is 14.1 Å². The molecule has 0 unspecified atom stereocenters. The van der Waals surface area contributed by atoms with E-state index in [0.717, 1.165) is 10.1 Å². The van der Waals surface area contributed by atoms with Crippen LogP contribution in [0.4, 0.5) is 5.69 Å². The lowest BCUT2D eigenvalue weighted by Gasteiger charge is -2.35. The van der Waals surface area contributed by atoms with Crippen LogP contribution in [0, 0.1) is 6.92 Å². The molecule has 0 N–H and O–H groups in total. The average Bonchev–Trinajstić information content (AvgIpc) is 2.66. The number of benzene rings is 1. The minimum atomic E-state index is -3.42. The predicted octanol–water partition coefficient (Wildman–Crippen LogP) is 0.0444. The zero-order valence-corrected chi connectivity index (χ0v) is 16.6. The molecule has 0 saturated carbocycles. The number of hydrogen-bond acceptors (Lipinski definition) is 5. The van der Waals surface area contributed by atoms with Crippen LogP contribution in [-0.2, 0) is 29.9 Å². The summed E-state index contributed by atoms with van der Waals surface area (Å²) in [5, 5.41) is 0. The van der Waals surface area contributed by atoms with Gasteiger partial charge in [0.05, 0.1) is 5.75 Å². The highest BCUT2D eigenvalue weighted by Gasteiger charge is 2.29. The van der Waals surface area contributed by atoms with Crippen molar-refractivity contribution in [1.82, 2.24) is 13.4 Å². The molecule has 0 atom stereocenters. The summed E-state index contributed by atoms with van der Waals surface area (Å²) < 4.78 is 29.4. The van der Waals surface area contributed by atoms with Crippen molar-refractivity contribution in [3.05, 3.63) is 62.4 Å². The molecular formula is C18H24N4O4S. The van der Waals surface area contributed by atoms with Crippen LogP contribution in [0.15, 0.2) is 39.9 Å². The zero-order chi connectivity index (χ0) is 19.8. The molecule has 1 fully saturated rings. The summed E-state index contributed by atoms with van der Waals surface area (Å²) in [6, 6.07) is 9.09. The van der Waals surface area contributed by atoms with Crippen molar-refractivity contribution in [2.75, 3.05) is 31.1 Å². The molecule has 1 saturated heterocycles. The highest BCUT2D eigenvalue weighted by atomic mass is 32.2. The SMILES string of the molecule is Cc1c(N2CCN(S(=O)(=O)Cc3ccccc3)CC2)c(=O)n(C)c(=O)n1C. The lowest BCUT2D eigenvalue weighted by molar-refractivity contribution is 0.383. The number of aromatic nitrogens is 2. The van der Waals surface area contributed by atoms with E-state index in [-0.39, 0.29) is 17.0 Å². The molecule has 3 rings (SSSR count). The van der Waals surface area contributed by atoms with E-state index in [2.05, 4.69) is 0 Å². The summed E-state index contributed by atoms with van der Waals surface area (Å²) in [5.74, 6) is -0.0333. The third kappa shape index (κ3) is 3.70. The van der Waals surface area contributed by atoms with Crippen LogP contribution in [0.25, 0.3) is 0 Å². The van der Waals surface area contributed by atoms with Gasteiger partial charge in [-0.1, -0.05) is 30.3 Å². The van der Waals surface area contributed by atoms with Gasteiger partial charge in [0.15, 0.2) is 0 Å². The molecule has 0 aliphatic carbocycles. The van der Waals surface area contributed by atoms with Gasteiger partial charge in [-0.05, 0) is 12.5 Å². The highest BCUT2D eigenvalue weighted by Crippen LogP contribution is 2.18. The van der Waals surface area contributed by atoms with E-state index >= 15 is 0 Å². The smallest absolute Gasteiger partial charge is 0.330 e. The molecule has 2 heterocycles. The van der Waals surface area contributed by atoms with Crippen molar-refractivity contribution < 1.29 is 8.42 Å². The average molecular weight is 392 g/mol. The lowest BCUT2D eigenvalue weighted by Crippen LogP contribution is -2.52. The van der Waals surface area contributed by atoms with Crippen molar-refractivity contribution >= 4 is 15.7 Å².